The SMILES string of the molecule is Cc1ccc([C@@H](C)NC(=O)CSc2nc3cc(C)[nH]c3c(=O)n2C)cc1. The number of H-pyrrole nitrogens is 1. The molecular weight excluding hydrogens is 348 g/mol. The van der Waals surface area contributed by atoms with Crippen LogP contribution in [0.2, 0.25) is 0 Å². The number of aryl methyl sites for hydroxylation is 2. The average molecular weight is 370 g/mol. The van der Waals surface area contributed by atoms with Gasteiger partial charge in [0, 0.05) is 12.7 Å². The average Bonchev–Trinajstić information content (AvgIpc) is 2.98. The maximum atomic E-state index is 12.4. The maximum absolute atomic E-state index is 12.4. The van der Waals surface area contributed by atoms with Crippen LogP contribution < -0.4 is 10.9 Å². The first-order valence-electron chi connectivity index (χ1n) is 8.40. The molecule has 0 bridgehead atoms. The van der Waals surface area contributed by atoms with E-state index in [2.05, 4.69) is 15.3 Å². The van der Waals surface area contributed by atoms with Crippen LogP contribution in [-0.4, -0.2) is 26.2 Å². The van der Waals surface area contributed by atoms with E-state index in [0.717, 1.165) is 11.3 Å². The van der Waals surface area contributed by atoms with Crippen molar-refractivity contribution in [1.82, 2.24) is 19.9 Å². The lowest BCUT2D eigenvalue weighted by Crippen LogP contribution is -2.28. The Morgan fingerprint density at radius 2 is 2.00 bits per heavy atom. The number of aromatic amines is 1. The lowest BCUT2D eigenvalue weighted by molar-refractivity contribution is -0.119. The van der Waals surface area contributed by atoms with Gasteiger partial charge < -0.3 is 10.3 Å². The van der Waals surface area contributed by atoms with Crippen molar-refractivity contribution in [3.63, 3.8) is 0 Å². The highest BCUT2D eigenvalue weighted by atomic mass is 32.2. The van der Waals surface area contributed by atoms with Crippen LogP contribution in [0.4, 0.5) is 0 Å². The van der Waals surface area contributed by atoms with Crippen LogP contribution in [-0.2, 0) is 11.8 Å². The molecule has 0 saturated heterocycles. The highest BCUT2D eigenvalue weighted by Crippen LogP contribution is 2.18. The Balaban J connectivity index is 1.67. The van der Waals surface area contributed by atoms with Crippen molar-refractivity contribution in [2.24, 2.45) is 7.05 Å². The summed E-state index contributed by atoms with van der Waals surface area (Å²) in [6.07, 6.45) is 0. The first-order valence-corrected chi connectivity index (χ1v) is 9.39. The summed E-state index contributed by atoms with van der Waals surface area (Å²) in [6, 6.07) is 9.85. The molecule has 136 valence electrons. The summed E-state index contributed by atoms with van der Waals surface area (Å²) in [7, 11) is 1.67. The van der Waals surface area contributed by atoms with Gasteiger partial charge in [-0.1, -0.05) is 41.6 Å². The number of fused-ring (bicyclic) bond motifs is 1. The molecule has 1 atom stereocenters. The van der Waals surface area contributed by atoms with Crippen molar-refractivity contribution >= 4 is 28.7 Å². The van der Waals surface area contributed by atoms with E-state index in [1.165, 1.54) is 21.9 Å². The topological polar surface area (TPSA) is 79.8 Å². The minimum atomic E-state index is -0.140. The zero-order valence-corrected chi connectivity index (χ0v) is 16.1. The summed E-state index contributed by atoms with van der Waals surface area (Å²) < 4.78 is 1.47. The van der Waals surface area contributed by atoms with Crippen LogP contribution in [0, 0.1) is 13.8 Å². The smallest absolute Gasteiger partial charge is 0.278 e. The number of rotatable bonds is 5. The molecule has 0 aliphatic carbocycles. The van der Waals surface area contributed by atoms with Crippen molar-refractivity contribution in [2.75, 3.05) is 5.75 Å². The van der Waals surface area contributed by atoms with Crippen molar-refractivity contribution in [3.05, 3.63) is 57.5 Å². The van der Waals surface area contributed by atoms with Gasteiger partial charge in [0.1, 0.15) is 5.52 Å². The van der Waals surface area contributed by atoms with E-state index in [-0.39, 0.29) is 23.3 Å². The molecule has 1 amide bonds. The number of carbonyl (C=O) groups is 1. The number of benzene rings is 1. The summed E-state index contributed by atoms with van der Waals surface area (Å²) in [5, 5.41) is 3.51. The van der Waals surface area contributed by atoms with E-state index in [0.29, 0.717) is 16.2 Å². The van der Waals surface area contributed by atoms with Crippen LogP contribution >= 0.6 is 11.8 Å². The van der Waals surface area contributed by atoms with Gasteiger partial charge in [0.05, 0.1) is 17.3 Å². The quantitative estimate of drug-likeness (QED) is 0.535. The third-order valence-corrected chi connectivity index (χ3v) is 5.27. The fourth-order valence-electron chi connectivity index (χ4n) is 2.74. The second kappa shape index (κ2) is 7.37. The third kappa shape index (κ3) is 3.83. The number of thioether (sulfide) groups is 1. The van der Waals surface area contributed by atoms with E-state index in [1.807, 2.05) is 51.1 Å². The van der Waals surface area contributed by atoms with Crippen molar-refractivity contribution in [1.29, 1.82) is 0 Å². The minimum absolute atomic E-state index is 0.0738. The number of carbonyl (C=O) groups excluding carboxylic acids is 1. The third-order valence-electron chi connectivity index (χ3n) is 4.24. The van der Waals surface area contributed by atoms with Crippen molar-refractivity contribution in [2.45, 2.75) is 32.0 Å². The molecule has 0 saturated carbocycles. The molecule has 0 radical (unpaired) electrons. The predicted molar refractivity (Wildman–Crippen MR) is 105 cm³/mol. The van der Waals surface area contributed by atoms with Gasteiger partial charge in [-0.15, -0.1) is 0 Å². The van der Waals surface area contributed by atoms with Crippen LogP contribution in [0.25, 0.3) is 11.0 Å². The predicted octanol–water partition coefficient (Wildman–Crippen LogP) is 2.85. The normalized spacial score (nSPS) is 12.3. The minimum Gasteiger partial charge on any atom is -0.353 e. The largest absolute Gasteiger partial charge is 0.353 e. The Hall–Kier alpha value is -2.54. The summed E-state index contributed by atoms with van der Waals surface area (Å²) in [5.74, 6) is 0.105. The maximum Gasteiger partial charge on any atom is 0.278 e. The first kappa shape index (κ1) is 18.3. The standard InChI is InChI=1S/C19H22N4O2S/c1-11-5-7-14(8-6-11)13(3)21-16(24)10-26-19-22-15-9-12(2)20-17(15)18(25)23(19)4/h5-9,13,20H,10H2,1-4H3,(H,21,24)/t13-/m1/s1. The molecule has 0 spiro atoms. The molecule has 0 aliphatic heterocycles. The Bertz CT molecular complexity index is 1000. The number of nitrogens with zero attached hydrogens (tertiary/aromatic N) is 2. The molecule has 0 aliphatic rings. The molecule has 7 heteroatoms. The molecule has 1 aromatic carbocycles. The lowest BCUT2D eigenvalue weighted by atomic mass is 10.1. The molecular formula is C19H22N4O2S. The monoisotopic (exact) mass is 370 g/mol. The highest BCUT2D eigenvalue weighted by Gasteiger charge is 2.14. The number of hydrogen-bond acceptors (Lipinski definition) is 4. The Morgan fingerprint density at radius 1 is 1.31 bits per heavy atom. The van der Waals surface area contributed by atoms with Crippen LogP contribution in [0.15, 0.2) is 40.3 Å². The van der Waals surface area contributed by atoms with Gasteiger partial charge in [-0.3, -0.25) is 14.2 Å². The van der Waals surface area contributed by atoms with Gasteiger partial charge in [-0.25, -0.2) is 4.98 Å². The number of aromatic nitrogens is 3. The van der Waals surface area contributed by atoms with E-state index in [4.69, 9.17) is 0 Å². The summed E-state index contributed by atoms with van der Waals surface area (Å²) >= 11 is 1.26. The summed E-state index contributed by atoms with van der Waals surface area (Å²) in [4.78, 5) is 32.2. The van der Waals surface area contributed by atoms with Gasteiger partial charge in [0.15, 0.2) is 5.16 Å². The van der Waals surface area contributed by atoms with Gasteiger partial charge in [-0.05, 0) is 32.4 Å². The zero-order chi connectivity index (χ0) is 18.8. The van der Waals surface area contributed by atoms with Gasteiger partial charge in [-0.2, -0.15) is 0 Å². The number of amides is 1. The molecule has 3 aromatic rings. The fraction of sp³-hybridized carbons (Fsp3) is 0.316. The highest BCUT2D eigenvalue weighted by molar-refractivity contribution is 7.99. The molecule has 26 heavy (non-hydrogen) atoms. The molecule has 0 unspecified atom stereocenters. The van der Waals surface area contributed by atoms with E-state index in [9.17, 15) is 9.59 Å². The first-order chi connectivity index (χ1) is 12.3. The molecule has 0 fully saturated rings. The van der Waals surface area contributed by atoms with E-state index in [1.54, 1.807) is 7.05 Å². The lowest BCUT2D eigenvalue weighted by Gasteiger charge is -2.14. The van der Waals surface area contributed by atoms with Crippen molar-refractivity contribution < 1.29 is 4.79 Å². The summed E-state index contributed by atoms with van der Waals surface area (Å²) in [5.41, 5.74) is 4.11. The van der Waals surface area contributed by atoms with E-state index < -0.39 is 0 Å². The van der Waals surface area contributed by atoms with Crippen LogP contribution in [0.5, 0.6) is 0 Å². The Kier molecular flexibility index (Phi) is 5.18. The summed E-state index contributed by atoms with van der Waals surface area (Å²) in [6.45, 7) is 5.87. The van der Waals surface area contributed by atoms with Gasteiger partial charge >= 0.3 is 0 Å². The fourth-order valence-corrected chi connectivity index (χ4v) is 3.52. The molecule has 2 aromatic heterocycles. The Labute approximate surface area is 156 Å². The number of nitrogens with one attached hydrogen (secondary N) is 2. The molecule has 6 nitrogen and oxygen atoms in total. The second-order valence-corrected chi connectivity index (χ2v) is 7.40. The van der Waals surface area contributed by atoms with Crippen LogP contribution in [0.1, 0.15) is 29.8 Å². The Morgan fingerprint density at radius 3 is 2.69 bits per heavy atom. The van der Waals surface area contributed by atoms with E-state index >= 15 is 0 Å². The zero-order valence-electron chi connectivity index (χ0n) is 15.3. The van der Waals surface area contributed by atoms with Crippen molar-refractivity contribution in [3.8, 4) is 0 Å². The second-order valence-electron chi connectivity index (χ2n) is 6.46. The van der Waals surface area contributed by atoms with Gasteiger partial charge in [0.2, 0.25) is 5.91 Å². The molecule has 2 heterocycles. The molecule has 3 rings (SSSR count). The molecule has 2 N–H and O–H groups in total. The van der Waals surface area contributed by atoms with Gasteiger partial charge in [0.25, 0.3) is 5.56 Å². The van der Waals surface area contributed by atoms with Crippen LogP contribution in [0.3, 0.4) is 0 Å². The number of hydrogen-bond donors (Lipinski definition) is 2.